The molecular weight excluding hydrogens is 681 g/mol. The van der Waals surface area contributed by atoms with Gasteiger partial charge in [-0.25, -0.2) is 9.97 Å². The third-order valence-electron chi connectivity index (χ3n) is 11.7. The van der Waals surface area contributed by atoms with Crippen molar-refractivity contribution in [3.63, 3.8) is 0 Å². The normalized spacial score (nSPS) is 13.0. The second-order valence-electron chi connectivity index (χ2n) is 15.4. The van der Waals surface area contributed by atoms with E-state index in [9.17, 15) is 0 Å². The molecule has 0 radical (unpaired) electrons. The fourth-order valence-electron chi connectivity index (χ4n) is 8.84. The van der Waals surface area contributed by atoms with Crippen LogP contribution in [0.5, 0.6) is 0 Å². The number of hydrogen-bond acceptors (Lipinski definition) is 3. The second-order valence-corrected chi connectivity index (χ2v) is 15.4. The number of rotatable bonds is 5. The summed E-state index contributed by atoms with van der Waals surface area (Å²) in [5, 5.41) is 4.77. The zero-order valence-electron chi connectivity index (χ0n) is 31.1. The molecule has 2 aromatic heterocycles. The lowest BCUT2D eigenvalue weighted by Gasteiger charge is -2.22. The number of para-hydroxylation sites is 1. The third kappa shape index (κ3) is 5.12. The van der Waals surface area contributed by atoms with E-state index in [-0.39, 0.29) is 5.41 Å². The van der Waals surface area contributed by atoms with Crippen molar-refractivity contribution in [2.24, 2.45) is 0 Å². The molecule has 0 spiro atoms. The van der Waals surface area contributed by atoms with E-state index in [1.165, 1.54) is 44.2 Å². The standard InChI is InChI=1S/C53H36N2O/c1-53(2)45-21-12-20-42(51(45)44-29-36-15-6-7-16-37(36)31-46(44)53)48-32-47(54-52(55-48)35-13-4-3-5-14-35)34-25-23-33(24-26-34)39-17-8-9-18-40(39)38-27-28-50-43(30-38)41-19-10-11-22-49(41)56-50/h3-32H,1-2H3. The maximum Gasteiger partial charge on any atom is 0.160 e. The van der Waals surface area contributed by atoms with E-state index in [4.69, 9.17) is 14.4 Å². The maximum atomic E-state index is 6.14. The lowest BCUT2D eigenvalue weighted by Crippen LogP contribution is -2.14. The molecule has 0 bridgehead atoms. The summed E-state index contributed by atoms with van der Waals surface area (Å²) in [4.78, 5) is 10.5. The van der Waals surface area contributed by atoms with Crippen LogP contribution in [0.25, 0.3) is 100.0 Å². The molecule has 1 aliphatic carbocycles. The summed E-state index contributed by atoms with van der Waals surface area (Å²) in [6.45, 7) is 4.68. The van der Waals surface area contributed by atoms with Gasteiger partial charge in [0.25, 0.3) is 0 Å². The Hall–Kier alpha value is -7.10. The monoisotopic (exact) mass is 716 g/mol. The third-order valence-corrected chi connectivity index (χ3v) is 11.7. The molecule has 0 aliphatic heterocycles. The minimum absolute atomic E-state index is 0.146. The van der Waals surface area contributed by atoms with Crippen LogP contribution < -0.4 is 0 Å². The number of fused-ring (bicyclic) bond motifs is 7. The van der Waals surface area contributed by atoms with E-state index < -0.39 is 0 Å². The molecule has 0 atom stereocenters. The maximum absolute atomic E-state index is 6.14. The number of furan rings is 1. The van der Waals surface area contributed by atoms with Gasteiger partial charge in [0.05, 0.1) is 11.4 Å². The Balaban J connectivity index is 1.03. The van der Waals surface area contributed by atoms with E-state index in [0.29, 0.717) is 5.82 Å². The summed E-state index contributed by atoms with van der Waals surface area (Å²) in [5.41, 5.74) is 16.5. The number of hydrogen-bond donors (Lipinski definition) is 0. The molecule has 3 heteroatoms. The molecule has 0 saturated carbocycles. The van der Waals surface area contributed by atoms with Crippen LogP contribution in [-0.2, 0) is 5.41 Å². The predicted octanol–water partition coefficient (Wildman–Crippen LogP) is 14.2. The average molecular weight is 717 g/mol. The van der Waals surface area contributed by atoms with Crippen molar-refractivity contribution >= 4 is 32.7 Å². The van der Waals surface area contributed by atoms with Crippen LogP contribution in [0.1, 0.15) is 25.0 Å². The van der Waals surface area contributed by atoms with Gasteiger partial charge in [0.1, 0.15) is 11.2 Å². The van der Waals surface area contributed by atoms with Gasteiger partial charge in [-0.05, 0) is 91.7 Å². The molecular formula is C53H36N2O. The van der Waals surface area contributed by atoms with Crippen LogP contribution in [0.15, 0.2) is 186 Å². The molecule has 10 aromatic rings. The summed E-state index contributed by atoms with van der Waals surface area (Å²) in [6, 6.07) is 64.8. The van der Waals surface area contributed by atoms with E-state index >= 15 is 0 Å². The van der Waals surface area contributed by atoms with Crippen LogP contribution in [-0.4, -0.2) is 9.97 Å². The van der Waals surface area contributed by atoms with Crippen LogP contribution >= 0.6 is 0 Å². The molecule has 0 amide bonds. The van der Waals surface area contributed by atoms with Gasteiger partial charge in [-0.15, -0.1) is 0 Å². The van der Waals surface area contributed by atoms with Gasteiger partial charge < -0.3 is 4.42 Å². The molecule has 0 N–H and O–H groups in total. The Morgan fingerprint density at radius 1 is 0.393 bits per heavy atom. The summed E-state index contributed by atoms with van der Waals surface area (Å²) >= 11 is 0. The minimum Gasteiger partial charge on any atom is -0.456 e. The summed E-state index contributed by atoms with van der Waals surface area (Å²) in [5.74, 6) is 0.711. The molecule has 0 saturated heterocycles. The molecule has 0 fully saturated rings. The first-order valence-corrected chi connectivity index (χ1v) is 19.2. The van der Waals surface area contributed by atoms with E-state index in [0.717, 1.165) is 61.1 Å². The molecule has 0 unspecified atom stereocenters. The molecule has 11 rings (SSSR count). The Morgan fingerprint density at radius 2 is 1.02 bits per heavy atom. The topological polar surface area (TPSA) is 38.9 Å². The zero-order chi connectivity index (χ0) is 37.4. The van der Waals surface area contributed by atoms with E-state index in [1.807, 2.05) is 30.3 Å². The zero-order valence-corrected chi connectivity index (χ0v) is 31.1. The molecule has 264 valence electrons. The molecule has 56 heavy (non-hydrogen) atoms. The lowest BCUT2D eigenvalue weighted by atomic mass is 9.81. The van der Waals surface area contributed by atoms with Gasteiger partial charge in [0.2, 0.25) is 0 Å². The van der Waals surface area contributed by atoms with Gasteiger partial charge in [-0.2, -0.15) is 0 Å². The summed E-state index contributed by atoms with van der Waals surface area (Å²) in [6.07, 6.45) is 0. The first kappa shape index (κ1) is 32.3. The molecule has 3 nitrogen and oxygen atoms in total. The number of aromatic nitrogens is 2. The van der Waals surface area contributed by atoms with E-state index in [1.54, 1.807) is 0 Å². The minimum atomic E-state index is -0.146. The molecule has 8 aromatic carbocycles. The SMILES string of the molecule is CC1(C)c2cc3ccccc3cc2-c2c(-c3cc(-c4ccc(-c5ccccc5-c5ccc6oc7ccccc7c6c5)cc4)nc(-c4ccccc4)n3)cccc21. The van der Waals surface area contributed by atoms with Crippen LogP contribution in [0.2, 0.25) is 0 Å². The average Bonchev–Trinajstić information content (AvgIpc) is 3.74. The first-order valence-electron chi connectivity index (χ1n) is 19.2. The van der Waals surface area contributed by atoms with Crippen molar-refractivity contribution in [3.8, 4) is 67.3 Å². The first-order chi connectivity index (χ1) is 27.5. The predicted molar refractivity (Wildman–Crippen MR) is 232 cm³/mol. The molecule has 2 heterocycles. The number of benzene rings is 8. The lowest BCUT2D eigenvalue weighted by molar-refractivity contribution is 0.661. The fourth-order valence-corrected chi connectivity index (χ4v) is 8.84. The van der Waals surface area contributed by atoms with Crippen molar-refractivity contribution < 1.29 is 4.42 Å². The number of nitrogens with zero attached hydrogens (tertiary/aromatic N) is 2. The highest BCUT2D eigenvalue weighted by atomic mass is 16.3. The quantitative estimate of drug-likeness (QED) is 0.178. The largest absolute Gasteiger partial charge is 0.456 e. The van der Waals surface area contributed by atoms with Crippen LogP contribution in [0.3, 0.4) is 0 Å². The Kier molecular flexibility index (Phi) is 7.20. The van der Waals surface area contributed by atoms with Crippen molar-refractivity contribution in [3.05, 3.63) is 193 Å². The summed E-state index contributed by atoms with van der Waals surface area (Å²) in [7, 11) is 0. The Morgan fingerprint density at radius 3 is 1.84 bits per heavy atom. The van der Waals surface area contributed by atoms with Crippen molar-refractivity contribution in [2.45, 2.75) is 19.3 Å². The highest BCUT2D eigenvalue weighted by molar-refractivity contribution is 6.07. The van der Waals surface area contributed by atoms with Gasteiger partial charge in [0, 0.05) is 32.9 Å². The van der Waals surface area contributed by atoms with Gasteiger partial charge in [0.15, 0.2) is 5.82 Å². The van der Waals surface area contributed by atoms with Crippen molar-refractivity contribution in [1.29, 1.82) is 0 Å². The van der Waals surface area contributed by atoms with Gasteiger partial charge >= 0.3 is 0 Å². The van der Waals surface area contributed by atoms with E-state index in [2.05, 4.69) is 166 Å². The Bertz CT molecular complexity index is 3150. The fraction of sp³-hybridized carbons (Fsp3) is 0.0566. The van der Waals surface area contributed by atoms with Crippen LogP contribution in [0, 0.1) is 0 Å². The van der Waals surface area contributed by atoms with Crippen molar-refractivity contribution in [1.82, 2.24) is 9.97 Å². The van der Waals surface area contributed by atoms with Crippen LogP contribution in [0.4, 0.5) is 0 Å². The smallest absolute Gasteiger partial charge is 0.160 e. The molecule has 1 aliphatic rings. The second kappa shape index (κ2) is 12.5. The Labute approximate surface area is 325 Å². The summed E-state index contributed by atoms with van der Waals surface area (Å²) < 4.78 is 6.14. The highest BCUT2D eigenvalue weighted by Gasteiger charge is 2.37. The van der Waals surface area contributed by atoms with Crippen molar-refractivity contribution in [2.75, 3.05) is 0 Å². The van der Waals surface area contributed by atoms with Gasteiger partial charge in [-0.3, -0.25) is 0 Å². The van der Waals surface area contributed by atoms with Gasteiger partial charge in [-0.1, -0.05) is 159 Å². The highest BCUT2D eigenvalue weighted by Crippen LogP contribution is 2.53.